The molecule has 1 aromatic heterocycles. The number of ether oxygens (including phenoxy) is 1. The molecule has 0 radical (unpaired) electrons. The lowest BCUT2D eigenvalue weighted by Gasteiger charge is -2.18. The van der Waals surface area contributed by atoms with Crippen molar-refractivity contribution in [2.45, 2.75) is 26.4 Å². The zero-order chi connectivity index (χ0) is 10.8. The first kappa shape index (κ1) is 10.8. The molecule has 1 heterocycles. The number of amides is 1. The topological polar surface area (TPSA) is 64.1 Å². The molecular weight excluding hydrogens is 209 g/mol. The monoisotopic (exact) mass is 219 g/mol. The summed E-state index contributed by atoms with van der Waals surface area (Å²) < 4.78 is 20.9. The average Bonchev–Trinajstić information content (AvgIpc) is 2.32. The summed E-state index contributed by atoms with van der Waals surface area (Å²) >= 11 is 0.756. The van der Waals surface area contributed by atoms with E-state index in [1.807, 2.05) is 0 Å². The number of halogens is 1. The minimum atomic E-state index is -0.805. The third kappa shape index (κ3) is 3.25. The molecule has 0 spiro atoms. The van der Waals surface area contributed by atoms with E-state index in [0.29, 0.717) is 0 Å². The van der Waals surface area contributed by atoms with Gasteiger partial charge in [0.2, 0.25) is 0 Å². The minimum Gasteiger partial charge on any atom is -0.444 e. The molecule has 0 saturated carbocycles. The van der Waals surface area contributed by atoms with Gasteiger partial charge in [0.25, 0.3) is 5.95 Å². The van der Waals surface area contributed by atoms with Crippen LogP contribution in [0.2, 0.25) is 0 Å². The van der Waals surface area contributed by atoms with E-state index >= 15 is 0 Å². The van der Waals surface area contributed by atoms with Crippen molar-refractivity contribution < 1.29 is 13.9 Å². The van der Waals surface area contributed by atoms with E-state index in [9.17, 15) is 9.18 Å². The Bertz CT molecular complexity index is 334. The highest BCUT2D eigenvalue weighted by atomic mass is 32.1. The van der Waals surface area contributed by atoms with E-state index < -0.39 is 17.6 Å². The molecule has 0 aromatic carbocycles. The summed E-state index contributed by atoms with van der Waals surface area (Å²) in [5.41, 5.74) is -0.612. The van der Waals surface area contributed by atoms with Crippen LogP contribution < -0.4 is 5.32 Å². The average molecular weight is 219 g/mol. The lowest BCUT2D eigenvalue weighted by molar-refractivity contribution is 0.0635. The smallest absolute Gasteiger partial charge is 0.412 e. The Morgan fingerprint density at radius 2 is 2.21 bits per heavy atom. The number of rotatable bonds is 1. The molecule has 0 aliphatic heterocycles. The number of hydrogen-bond donors (Lipinski definition) is 1. The van der Waals surface area contributed by atoms with Crippen molar-refractivity contribution in [3.8, 4) is 0 Å². The van der Waals surface area contributed by atoms with Gasteiger partial charge in [0, 0.05) is 11.5 Å². The second kappa shape index (κ2) is 3.87. The maximum absolute atomic E-state index is 12.7. The fourth-order valence-electron chi connectivity index (χ4n) is 0.651. The van der Waals surface area contributed by atoms with Crippen LogP contribution in [-0.4, -0.2) is 21.3 Å². The van der Waals surface area contributed by atoms with Crippen molar-refractivity contribution in [1.82, 2.24) is 9.59 Å². The Balaban J connectivity index is 2.54. The van der Waals surface area contributed by atoms with Gasteiger partial charge in [0.15, 0.2) is 5.00 Å². The second-order valence-corrected chi connectivity index (χ2v) is 4.27. The maximum Gasteiger partial charge on any atom is 0.412 e. The molecule has 1 rings (SSSR count). The molecule has 0 unspecified atom stereocenters. The highest BCUT2D eigenvalue weighted by Gasteiger charge is 2.18. The van der Waals surface area contributed by atoms with Crippen molar-refractivity contribution in [3.05, 3.63) is 5.95 Å². The Morgan fingerprint density at radius 1 is 1.57 bits per heavy atom. The Kier molecular flexibility index (Phi) is 3.00. The number of aromatic nitrogens is 2. The van der Waals surface area contributed by atoms with Gasteiger partial charge in [-0.2, -0.15) is 4.39 Å². The molecule has 14 heavy (non-hydrogen) atoms. The van der Waals surface area contributed by atoms with Crippen molar-refractivity contribution >= 4 is 22.6 Å². The van der Waals surface area contributed by atoms with Crippen molar-refractivity contribution in [2.24, 2.45) is 0 Å². The van der Waals surface area contributed by atoms with Crippen LogP contribution in [0.4, 0.5) is 14.2 Å². The van der Waals surface area contributed by atoms with Crippen LogP contribution in [0.3, 0.4) is 0 Å². The SMILES string of the molecule is CC(C)(C)OC(=O)Nc1snnc1F. The Hall–Kier alpha value is -1.24. The third-order valence-corrected chi connectivity index (χ3v) is 1.68. The standard InChI is InChI=1S/C7H10FN3O2S/c1-7(2,3)13-6(12)9-5-4(8)10-11-14-5/h1-3H3,(H,9,12). The molecule has 1 N–H and O–H groups in total. The summed E-state index contributed by atoms with van der Waals surface area (Å²) in [5, 5.41) is 5.26. The molecule has 0 aliphatic carbocycles. The van der Waals surface area contributed by atoms with Gasteiger partial charge in [0.05, 0.1) is 0 Å². The highest BCUT2D eigenvalue weighted by molar-refractivity contribution is 7.10. The zero-order valence-corrected chi connectivity index (χ0v) is 8.81. The van der Waals surface area contributed by atoms with Gasteiger partial charge < -0.3 is 4.74 Å². The summed E-state index contributed by atoms with van der Waals surface area (Å²) in [7, 11) is 0. The van der Waals surface area contributed by atoms with Gasteiger partial charge in [-0.1, -0.05) is 4.49 Å². The van der Waals surface area contributed by atoms with Crippen LogP contribution in [0.15, 0.2) is 0 Å². The molecule has 1 amide bonds. The summed E-state index contributed by atoms with van der Waals surface area (Å²) in [6.45, 7) is 5.15. The summed E-state index contributed by atoms with van der Waals surface area (Å²) in [4.78, 5) is 11.1. The fraction of sp³-hybridized carbons (Fsp3) is 0.571. The molecule has 78 valence electrons. The van der Waals surface area contributed by atoms with Crippen LogP contribution in [0.25, 0.3) is 0 Å². The van der Waals surface area contributed by atoms with Gasteiger partial charge in [-0.3, -0.25) is 5.32 Å². The fourth-order valence-corrected chi connectivity index (χ4v) is 1.09. The Morgan fingerprint density at radius 3 is 2.64 bits per heavy atom. The van der Waals surface area contributed by atoms with E-state index in [-0.39, 0.29) is 5.00 Å². The summed E-state index contributed by atoms with van der Waals surface area (Å²) in [6, 6.07) is 0. The molecule has 0 saturated heterocycles. The van der Waals surface area contributed by atoms with E-state index in [1.165, 1.54) is 0 Å². The first-order chi connectivity index (χ1) is 6.38. The van der Waals surface area contributed by atoms with Crippen LogP contribution in [0.1, 0.15) is 20.8 Å². The normalized spacial score (nSPS) is 11.1. The van der Waals surface area contributed by atoms with E-state index in [0.717, 1.165) is 11.5 Å². The molecule has 0 bridgehead atoms. The van der Waals surface area contributed by atoms with Crippen LogP contribution in [-0.2, 0) is 4.74 Å². The number of anilines is 1. The predicted octanol–water partition coefficient (Wildman–Crippen LogP) is 2.02. The minimum absolute atomic E-state index is 0.0424. The lowest BCUT2D eigenvalue weighted by Crippen LogP contribution is -2.27. The van der Waals surface area contributed by atoms with Gasteiger partial charge in [0.1, 0.15) is 5.60 Å². The summed E-state index contributed by atoms with van der Waals surface area (Å²) in [6.07, 6.45) is -0.720. The molecule has 0 atom stereocenters. The van der Waals surface area contributed by atoms with E-state index in [2.05, 4.69) is 14.9 Å². The molecule has 5 nitrogen and oxygen atoms in total. The molecule has 0 fully saturated rings. The third-order valence-electron chi connectivity index (χ3n) is 1.06. The van der Waals surface area contributed by atoms with Gasteiger partial charge in [-0.25, -0.2) is 4.79 Å². The first-order valence-electron chi connectivity index (χ1n) is 3.86. The van der Waals surface area contributed by atoms with Crippen LogP contribution >= 0.6 is 11.5 Å². The quantitative estimate of drug-likeness (QED) is 0.784. The number of nitrogens with one attached hydrogen (secondary N) is 1. The molecule has 0 aliphatic rings. The van der Waals surface area contributed by atoms with Crippen LogP contribution in [0.5, 0.6) is 0 Å². The summed E-state index contributed by atoms with van der Waals surface area (Å²) in [5.74, 6) is -0.805. The number of carbonyl (C=O) groups is 1. The van der Waals surface area contributed by atoms with E-state index in [1.54, 1.807) is 20.8 Å². The number of nitrogens with zero attached hydrogens (tertiary/aromatic N) is 2. The number of hydrogen-bond acceptors (Lipinski definition) is 5. The van der Waals surface area contributed by atoms with Crippen molar-refractivity contribution in [2.75, 3.05) is 5.32 Å². The first-order valence-corrected chi connectivity index (χ1v) is 4.64. The largest absolute Gasteiger partial charge is 0.444 e. The van der Waals surface area contributed by atoms with Crippen molar-refractivity contribution in [3.63, 3.8) is 0 Å². The molecular formula is C7H10FN3O2S. The predicted molar refractivity (Wildman–Crippen MR) is 49.7 cm³/mol. The van der Waals surface area contributed by atoms with Gasteiger partial charge in [-0.05, 0) is 20.8 Å². The molecule has 1 aromatic rings. The van der Waals surface area contributed by atoms with Crippen LogP contribution in [0, 0.1) is 5.95 Å². The maximum atomic E-state index is 12.7. The highest BCUT2D eigenvalue weighted by Crippen LogP contribution is 2.16. The van der Waals surface area contributed by atoms with E-state index in [4.69, 9.17) is 4.74 Å². The second-order valence-electron chi connectivity index (χ2n) is 3.52. The number of carbonyl (C=O) groups excluding carboxylic acids is 1. The lowest BCUT2D eigenvalue weighted by atomic mass is 10.2. The van der Waals surface area contributed by atoms with Gasteiger partial charge in [-0.15, -0.1) is 5.10 Å². The Labute approximate surface area is 84.4 Å². The molecule has 7 heteroatoms. The zero-order valence-electron chi connectivity index (χ0n) is 8.00. The van der Waals surface area contributed by atoms with Crippen molar-refractivity contribution in [1.29, 1.82) is 0 Å². The van der Waals surface area contributed by atoms with Gasteiger partial charge >= 0.3 is 6.09 Å².